The van der Waals surface area contributed by atoms with Crippen LogP contribution in [0.1, 0.15) is 44.6 Å². The molecule has 106 valence electrons. The van der Waals surface area contributed by atoms with Crippen molar-refractivity contribution in [2.45, 2.75) is 63.6 Å². The van der Waals surface area contributed by atoms with E-state index in [1.165, 1.54) is 17.7 Å². The average Bonchev–Trinajstić information content (AvgIpc) is 2.41. The molecule has 3 heteroatoms. The minimum Gasteiger partial charge on any atom is -0.393 e. The van der Waals surface area contributed by atoms with Gasteiger partial charge in [0.25, 0.3) is 0 Å². The molecule has 0 bridgehead atoms. The molecule has 2 nitrogen and oxygen atoms in total. The molecule has 0 spiro atoms. The van der Waals surface area contributed by atoms with Crippen LogP contribution < -0.4 is 5.32 Å². The maximum Gasteiger partial charge on any atom is 0.123 e. The van der Waals surface area contributed by atoms with Crippen LogP contribution >= 0.6 is 0 Å². The largest absolute Gasteiger partial charge is 0.393 e. The van der Waals surface area contributed by atoms with Crippen molar-refractivity contribution in [2.75, 3.05) is 0 Å². The zero-order chi connectivity index (χ0) is 13.7. The van der Waals surface area contributed by atoms with Crippen molar-refractivity contribution in [3.63, 3.8) is 0 Å². The van der Waals surface area contributed by atoms with Crippen LogP contribution in [0, 0.1) is 5.82 Å². The third-order valence-corrected chi connectivity index (χ3v) is 4.00. The van der Waals surface area contributed by atoms with Crippen LogP contribution in [-0.4, -0.2) is 23.3 Å². The predicted octanol–water partition coefficient (Wildman–Crippen LogP) is 3.04. The first kappa shape index (κ1) is 14.5. The molecule has 1 aromatic carbocycles. The lowest BCUT2D eigenvalue weighted by molar-refractivity contribution is 0.114. The van der Waals surface area contributed by atoms with E-state index < -0.39 is 0 Å². The molecule has 1 aromatic rings. The third-order valence-electron chi connectivity index (χ3n) is 4.00. The number of nitrogens with one attached hydrogen (secondary N) is 1. The van der Waals surface area contributed by atoms with Crippen LogP contribution in [0.3, 0.4) is 0 Å². The SMILES string of the molecule is CC(CCc1ccc(F)cc1)NC1CCC(O)CC1. The van der Waals surface area contributed by atoms with E-state index in [2.05, 4.69) is 12.2 Å². The summed E-state index contributed by atoms with van der Waals surface area (Å²) in [7, 11) is 0. The van der Waals surface area contributed by atoms with Crippen molar-refractivity contribution in [3.8, 4) is 0 Å². The van der Waals surface area contributed by atoms with Crippen LogP contribution in [0.15, 0.2) is 24.3 Å². The molecule has 19 heavy (non-hydrogen) atoms. The van der Waals surface area contributed by atoms with Crippen molar-refractivity contribution in [2.24, 2.45) is 0 Å². The molecule has 0 aromatic heterocycles. The minimum absolute atomic E-state index is 0.0902. The molecule has 1 aliphatic rings. The van der Waals surface area contributed by atoms with Gasteiger partial charge in [-0.15, -0.1) is 0 Å². The summed E-state index contributed by atoms with van der Waals surface area (Å²) < 4.78 is 12.8. The molecule has 2 N–H and O–H groups in total. The number of benzene rings is 1. The third kappa shape index (κ3) is 4.92. The minimum atomic E-state index is -0.171. The predicted molar refractivity (Wildman–Crippen MR) is 75.6 cm³/mol. The summed E-state index contributed by atoms with van der Waals surface area (Å²) in [5.41, 5.74) is 1.19. The Morgan fingerprint density at radius 3 is 2.47 bits per heavy atom. The van der Waals surface area contributed by atoms with Crippen LogP contribution in [0.2, 0.25) is 0 Å². The van der Waals surface area contributed by atoms with Crippen molar-refractivity contribution in [1.82, 2.24) is 5.32 Å². The highest BCUT2D eigenvalue weighted by molar-refractivity contribution is 5.16. The van der Waals surface area contributed by atoms with Gasteiger partial charge in [0, 0.05) is 12.1 Å². The molecule has 0 amide bonds. The maximum absolute atomic E-state index is 12.8. The molecule has 0 saturated heterocycles. The van der Waals surface area contributed by atoms with Gasteiger partial charge >= 0.3 is 0 Å². The Bertz CT molecular complexity index is 371. The lowest BCUT2D eigenvalue weighted by Gasteiger charge is -2.29. The summed E-state index contributed by atoms with van der Waals surface area (Å²) in [6.45, 7) is 2.20. The molecule has 1 saturated carbocycles. The molecule has 0 heterocycles. The van der Waals surface area contributed by atoms with Gasteiger partial charge in [0.2, 0.25) is 0 Å². The van der Waals surface area contributed by atoms with Crippen LogP contribution in [0.5, 0.6) is 0 Å². The van der Waals surface area contributed by atoms with Crippen molar-refractivity contribution >= 4 is 0 Å². The van der Waals surface area contributed by atoms with Gasteiger partial charge in [0.15, 0.2) is 0 Å². The number of rotatable bonds is 5. The van der Waals surface area contributed by atoms with E-state index in [4.69, 9.17) is 0 Å². The van der Waals surface area contributed by atoms with Crippen LogP contribution in [0.4, 0.5) is 4.39 Å². The number of hydrogen-bond acceptors (Lipinski definition) is 2. The number of hydrogen-bond donors (Lipinski definition) is 2. The summed E-state index contributed by atoms with van der Waals surface area (Å²) in [5, 5.41) is 13.1. The Hall–Kier alpha value is -0.930. The Kier molecular flexibility index (Phi) is 5.34. The Balaban J connectivity index is 1.69. The molecule has 1 aliphatic carbocycles. The zero-order valence-electron chi connectivity index (χ0n) is 11.6. The smallest absolute Gasteiger partial charge is 0.123 e. The second-order valence-corrected chi connectivity index (χ2v) is 5.74. The molecule has 1 unspecified atom stereocenters. The highest BCUT2D eigenvalue weighted by Gasteiger charge is 2.20. The van der Waals surface area contributed by atoms with Gasteiger partial charge in [-0.05, 0) is 63.1 Å². The number of halogens is 1. The summed E-state index contributed by atoms with van der Waals surface area (Å²) in [4.78, 5) is 0. The van der Waals surface area contributed by atoms with Gasteiger partial charge in [-0.1, -0.05) is 12.1 Å². The lowest BCUT2D eigenvalue weighted by Crippen LogP contribution is -2.40. The number of aliphatic hydroxyl groups is 1. The van der Waals surface area contributed by atoms with Gasteiger partial charge < -0.3 is 10.4 Å². The first-order valence-electron chi connectivity index (χ1n) is 7.32. The van der Waals surface area contributed by atoms with Crippen molar-refractivity contribution in [3.05, 3.63) is 35.6 Å². The highest BCUT2D eigenvalue weighted by atomic mass is 19.1. The van der Waals surface area contributed by atoms with E-state index in [0.29, 0.717) is 12.1 Å². The normalized spacial score (nSPS) is 25.2. The van der Waals surface area contributed by atoms with Gasteiger partial charge in [-0.2, -0.15) is 0 Å². The Morgan fingerprint density at radius 2 is 1.84 bits per heavy atom. The summed E-state index contributed by atoms with van der Waals surface area (Å²) in [6, 6.07) is 7.78. The fraction of sp³-hybridized carbons (Fsp3) is 0.625. The topological polar surface area (TPSA) is 32.3 Å². The van der Waals surface area contributed by atoms with Crippen molar-refractivity contribution < 1.29 is 9.50 Å². The number of aryl methyl sites for hydroxylation is 1. The monoisotopic (exact) mass is 265 g/mol. The first-order chi connectivity index (χ1) is 9.13. The van der Waals surface area contributed by atoms with Gasteiger partial charge in [0.05, 0.1) is 6.10 Å². The Morgan fingerprint density at radius 1 is 1.21 bits per heavy atom. The first-order valence-corrected chi connectivity index (χ1v) is 7.32. The molecular weight excluding hydrogens is 241 g/mol. The average molecular weight is 265 g/mol. The van der Waals surface area contributed by atoms with Gasteiger partial charge in [0.1, 0.15) is 5.82 Å². The van der Waals surface area contributed by atoms with E-state index in [1.54, 1.807) is 0 Å². The van der Waals surface area contributed by atoms with Gasteiger partial charge in [-0.3, -0.25) is 0 Å². The second-order valence-electron chi connectivity index (χ2n) is 5.74. The van der Waals surface area contributed by atoms with E-state index in [1.807, 2.05) is 12.1 Å². The van der Waals surface area contributed by atoms with Gasteiger partial charge in [-0.25, -0.2) is 4.39 Å². The van der Waals surface area contributed by atoms with Crippen LogP contribution in [0.25, 0.3) is 0 Å². The van der Waals surface area contributed by atoms with E-state index in [0.717, 1.165) is 38.5 Å². The molecule has 0 aliphatic heterocycles. The fourth-order valence-electron chi connectivity index (χ4n) is 2.76. The van der Waals surface area contributed by atoms with E-state index >= 15 is 0 Å². The standard InChI is InChI=1S/C16H24FNO/c1-12(18-15-8-10-16(19)11-9-15)2-3-13-4-6-14(17)7-5-13/h4-7,12,15-16,18-19H,2-3,8-11H2,1H3. The Labute approximate surface area is 115 Å². The molecular formula is C16H24FNO. The maximum atomic E-state index is 12.8. The zero-order valence-corrected chi connectivity index (χ0v) is 11.6. The number of aliphatic hydroxyl groups excluding tert-OH is 1. The summed E-state index contributed by atoms with van der Waals surface area (Å²) in [5.74, 6) is -0.171. The molecule has 0 radical (unpaired) electrons. The molecule has 1 fully saturated rings. The molecule has 1 atom stereocenters. The van der Waals surface area contributed by atoms with E-state index in [-0.39, 0.29) is 11.9 Å². The summed E-state index contributed by atoms with van der Waals surface area (Å²) in [6.07, 6.45) is 5.93. The van der Waals surface area contributed by atoms with Crippen LogP contribution in [-0.2, 0) is 6.42 Å². The lowest BCUT2D eigenvalue weighted by atomic mass is 9.92. The molecule has 2 rings (SSSR count). The fourth-order valence-corrected chi connectivity index (χ4v) is 2.76. The highest BCUT2D eigenvalue weighted by Crippen LogP contribution is 2.19. The quantitative estimate of drug-likeness (QED) is 0.857. The van der Waals surface area contributed by atoms with Crippen molar-refractivity contribution in [1.29, 1.82) is 0 Å². The second kappa shape index (κ2) is 7.01. The summed E-state index contributed by atoms with van der Waals surface area (Å²) >= 11 is 0. The van der Waals surface area contributed by atoms with E-state index in [9.17, 15) is 9.50 Å².